The number of rotatable bonds is 5. The van der Waals surface area contributed by atoms with Crippen LogP contribution in [0.1, 0.15) is 12.1 Å². The summed E-state index contributed by atoms with van der Waals surface area (Å²) in [5, 5.41) is 0.381. The third kappa shape index (κ3) is 4.59. The summed E-state index contributed by atoms with van der Waals surface area (Å²) in [4.78, 5) is 8.27. The van der Waals surface area contributed by atoms with E-state index in [0.717, 1.165) is 21.3 Å². The average Bonchev–Trinajstić information content (AvgIpc) is 2.45. The number of hydrogen-bond acceptors (Lipinski definition) is 5. The third-order valence-electron chi connectivity index (χ3n) is 2.78. The van der Waals surface area contributed by atoms with Gasteiger partial charge in [0.25, 0.3) is 0 Å². The molecule has 0 amide bonds. The normalized spacial score (nSPS) is 10.4. The highest BCUT2D eigenvalue weighted by atomic mass is 79.9. The second-order valence-electron chi connectivity index (χ2n) is 4.17. The number of halogens is 2. The number of hydrogen-bond donors (Lipinski definition) is 0. The van der Waals surface area contributed by atoms with Gasteiger partial charge in [-0.05, 0) is 30.5 Å². The first-order valence-electron chi connectivity index (χ1n) is 6.10. The van der Waals surface area contributed by atoms with Gasteiger partial charge in [-0.1, -0.05) is 39.7 Å². The Bertz CT molecular complexity index is 755. The molecule has 0 spiro atoms. The lowest BCUT2D eigenvalue weighted by molar-refractivity contribution is 0.619. The molecule has 5 nitrogen and oxygen atoms in total. The fraction of sp³-hybridized carbons (Fsp3) is 0.231. The maximum absolute atomic E-state index is 10.4. The quantitative estimate of drug-likeness (QED) is 0.580. The second kappa shape index (κ2) is 7.63. The molecule has 0 bridgehead atoms. The van der Waals surface area contributed by atoms with Crippen molar-refractivity contribution in [2.24, 2.45) is 4.36 Å². The van der Waals surface area contributed by atoms with Crippen LogP contribution in [0.5, 0.6) is 0 Å². The molecule has 0 saturated heterocycles. The smallest absolute Gasteiger partial charge is 0.241 e. The molecule has 1 aromatic carbocycles. The van der Waals surface area contributed by atoms with Crippen LogP contribution in [-0.2, 0) is 16.9 Å². The van der Waals surface area contributed by atoms with Crippen molar-refractivity contribution in [1.82, 2.24) is 9.97 Å². The zero-order valence-corrected chi connectivity index (χ0v) is 14.0. The fourth-order valence-electron chi connectivity index (χ4n) is 1.87. The van der Waals surface area contributed by atoms with E-state index in [1.54, 1.807) is 0 Å². The van der Waals surface area contributed by atoms with Crippen molar-refractivity contribution in [2.75, 3.05) is 6.54 Å². The van der Waals surface area contributed by atoms with Gasteiger partial charge in [-0.25, -0.2) is 9.97 Å². The van der Waals surface area contributed by atoms with Crippen molar-refractivity contribution < 1.29 is 8.42 Å². The van der Waals surface area contributed by atoms with Crippen LogP contribution < -0.4 is 0 Å². The molecule has 21 heavy (non-hydrogen) atoms. The first kappa shape index (κ1) is 16.1. The highest BCUT2D eigenvalue weighted by Crippen LogP contribution is 2.30. The maximum atomic E-state index is 10.4. The van der Waals surface area contributed by atoms with Gasteiger partial charge in [0.2, 0.25) is 0 Å². The Morgan fingerprint density at radius 3 is 2.57 bits per heavy atom. The molecule has 0 atom stereocenters. The Kier molecular flexibility index (Phi) is 5.84. The Hall–Kier alpha value is -1.31. The van der Waals surface area contributed by atoms with Crippen LogP contribution in [-0.4, -0.2) is 24.9 Å². The van der Waals surface area contributed by atoms with E-state index in [1.165, 1.54) is 6.33 Å². The van der Waals surface area contributed by atoms with E-state index in [4.69, 9.17) is 11.6 Å². The van der Waals surface area contributed by atoms with Gasteiger partial charge in [0.05, 0.1) is 12.2 Å². The van der Waals surface area contributed by atoms with Crippen LogP contribution in [0.2, 0.25) is 5.15 Å². The zero-order valence-electron chi connectivity index (χ0n) is 10.8. The summed E-state index contributed by atoms with van der Waals surface area (Å²) in [6.45, 7) is 0.234. The molecule has 2 rings (SSSR count). The first-order valence-corrected chi connectivity index (χ1v) is 8.30. The fourth-order valence-corrected chi connectivity index (χ4v) is 2.68. The summed E-state index contributed by atoms with van der Waals surface area (Å²) in [5.74, 6) is 0. The number of nitrogens with zero attached hydrogens (tertiary/aromatic N) is 3. The minimum Gasteiger partial charge on any atom is -0.241 e. The van der Waals surface area contributed by atoms with Crippen LogP contribution in [0.25, 0.3) is 11.1 Å². The van der Waals surface area contributed by atoms with Crippen LogP contribution in [0.3, 0.4) is 0 Å². The van der Waals surface area contributed by atoms with E-state index >= 15 is 0 Å². The van der Waals surface area contributed by atoms with Crippen molar-refractivity contribution in [3.63, 3.8) is 0 Å². The summed E-state index contributed by atoms with van der Waals surface area (Å²) in [6.07, 6.45) is 2.56. The van der Waals surface area contributed by atoms with E-state index in [2.05, 4.69) is 30.3 Å². The van der Waals surface area contributed by atoms with Crippen LogP contribution in [0, 0.1) is 0 Å². The Labute approximate surface area is 137 Å². The van der Waals surface area contributed by atoms with Gasteiger partial charge in [0, 0.05) is 10.0 Å². The van der Waals surface area contributed by atoms with Gasteiger partial charge >= 0.3 is 10.5 Å². The van der Waals surface area contributed by atoms with Gasteiger partial charge in [0.1, 0.15) is 11.5 Å². The molecule has 1 heterocycles. The molecule has 0 saturated carbocycles. The van der Waals surface area contributed by atoms with Gasteiger partial charge in [-0.3, -0.25) is 0 Å². The van der Waals surface area contributed by atoms with E-state index in [1.807, 2.05) is 24.3 Å². The van der Waals surface area contributed by atoms with Crippen LogP contribution in [0.4, 0.5) is 0 Å². The van der Waals surface area contributed by atoms with Crippen molar-refractivity contribution in [2.45, 2.75) is 12.8 Å². The van der Waals surface area contributed by atoms with Crippen molar-refractivity contribution >= 4 is 38.0 Å². The lowest BCUT2D eigenvalue weighted by atomic mass is 10.0. The minimum atomic E-state index is -2.36. The number of benzene rings is 1. The van der Waals surface area contributed by atoms with E-state index in [-0.39, 0.29) is 6.54 Å². The Balaban J connectivity index is 2.28. The molecule has 2 aromatic rings. The molecule has 1 aromatic heterocycles. The highest BCUT2D eigenvalue weighted by molar-refractivity contribution is 9.10. The summed E-state index contributed by atoms with van der Waals surface area (Å²) in [7, 11) is -2.36. The van der Waals surface area contributed by atoms with Gasteiger partial charge in [-0.15, -0.1) is 0 Å². The molecular weight excluding hydrogens is 378 g/mol. The summed E-state index contributed by atoms with van der Waals surface area (Å²) in [6, 6.07) is 7.68. The van der Waals surface area contributed by atoms with Crippen molar-refractivity contribution in [3.05, 3.63) is 45.9 Å². The minimum absolute atomic E-state index is 0.234. The van der Waals surface area contributed by atoms with E-state index in [9.17, 15) is 8.42 Å². The highest BCUT2D eigenvalue weighted by Gasteiger charge is 2.12. The van der Waals surface area contributed by atoms with Gasteiger partial charge in [0.15, 0.2) is 0 Å². The molecule has 0 aliphatic rings. The van der Waals surface area contributed by atoms with E-state index in [0.29, 0.717) is 18.0 Å². The zero-order chi connectivity index (χ0) is 15.2. The lowest BCUT2D eigenvalue weighted by Gasteiger charge is -2.09. The predicted octanol–water partition coefficient (Wildman–Crippen LogP) is 3.55. The molecule has 0 unspecified atom stereocenters. The molecule has 0 aliphatic carbocycles. The third-order valence-corrected chi connectivity index (χ3v) is 3.99. The topological polar surface area (TPSA) is 72.3 Å². The maximum Gasteiger partial charge on any atom is 0.311 e. The number of aromatic nitrogens is 2. The summed E-state index contributed by atoms with van der Waals surface area (Å²) >= 11 is 9.57. The first-order chi connectivity index (χ1) is 10.1. The average molecular weight is 389 g/mol. The SMILES string of the molecule is O=S(=O)=NCCCc1ncnc(Cl)c1-c1ccc(Br)cc1. The molecule has 0 aliphatic heterocycles. The molecule has 0 radical (unpaired) electrons. The predicted molar refractivity (Wildman–Crippen MR) is 84.7 cm³/mol. The van der Waals surface area contributed by atoms with Gasteiger partial charge in [-0.2, -0.15) is 12.8 Å². The number of aryl methyl sites for hydroxylation is 1. The molecular formula is C13H11BrClN3O2S. The largest absolute Gasteiger partial charge is 0.311 e. The van der Waals surface area contributed by atoms with E-state index < -0.39 is 10.5 Å². The molecule has 0 fully saturated rings. The van der Waals surface area contributed by atoms with Crippen molar-refractivity contribution in [3.8, 4) is 11.1 Å². The van der Waals surface area contributed by atoms with Crippen LogP contribution in [0.15, 0.2) is 39.4 Å². The van der Waals surface area contributed by atoms with Crippen molar-refractivity contribution in [1.29, 1.82) is 0 Å². The summed E-state index contributed by atoms with van der Waals surface area (Å²) in [5.41, 5.74) is 2.47. The molecule has 0 N–H and O–H groups in total. The Morgan fingerprint density at radius 1 is 1.19 bits per heavy atom. The standard InChI is InChI=1S/C13H11BrClN3O2S/c14-10-5-3-9(4-6-10)12-11(16-8-17-13(12)15)2-1-7-18-21(19)20/h3-6,8H,1-2,7H2. The van der Waals surface area contributed by atoms with Gasteiger partial charge < -0.3 is 0 Å². The molecule has 8 heteroatoms. The lowest BCUT2D eigenvalue weighted by Crippen LogP contribution is -1.98. The molecule has 110 valence electrons. The summed E-state index contributed by atoms with van der Waals surface area (Å²) < 4.78 is 25.1. The van der Waals surface area contributed by atoms with Crippen LogP contribution >= 0.6 is 27.5 Å². The Morgan fingerprint density at radius 2 is 1.90 bits per heavy atom. The second-order valence-corrected chi connectivity index (χ2v) is 6.13. The monoisotopic (exact) mass is 387 g/mol.